The smallest absolute Gasteiger partial charge is 0.204 e. The predicted molar refractivity (Wildman–Crippen MR) is 110 cm³/mol. The molecule has 0 bridgehead atoms. The highest BCUT2D eigenvalue weighted by Gasteiger charge is 2.49. The van der Waals surface area contributed by atoms with E-state index >= 15 is 0 Å². The van der Waals surface area contributed by atoms with Crippen LogP contribution in [0.2, 0.25) is 0 Å². The maximum Gasteiger partial charge on any atom is 0.204 e. The monoisotopic (exact) mass is 390 g/mol. The molecule has 0 radical (unpaired) electrons. The lowest BCUT2D eigenvalue weighted by molar-refractivity contribution is 0.0811. The molecule has 0 saturated heterocycles. The minimum Gasteiger partial charge on any atom is -0.493 e. The minimum absolute atomic E-state index is 0.103. The summed E-state index contributed by atoms with van der Waals surface area (Å²) in [5, 5.41) is 0. The summed E-state index contributed by atoms with van der Waals surface area (Å²) in [4.78, 5) is 14.1. The first-order chi connectivity index (χ1) is 14.2. The van der Waals surface area contributed by atoms with Gasteiger partial charge < -0.3 is 18.9 Å². The summed E-state index contributed by atoms with van der Waals surface area (Å²) in [7, 11) is 4.56. The molecule has 3 aromatic carbocycles. The van der Waals surface area contributed by atoms with E-state index in [4.69, 9.17) is 18.9 Å². The molecule has 0 spiro atoms. The number of ketones is 1. The van der Waals surface area contributed by atoms with E-state index in [0.717, 1.165) is 11.1 Å². The molecule has 0 aliphatic carbocycles. The summed E-state index contributed by atoms with van der Waals surface area (Å²) in [6.07, 6.45) is 0. The highest BCUT2D eigenvalue weighted by atomic mass is 16.5. The Hall–Kier alpha value is -3.47. The van der Waals surface area contributed by atoms with Crippen molar-refractivity contribution >= 4 is 5.78 Å². The molecule has 3 aromatic rings. The maximum atomic E-state index is 14.1. The van der Waals surface area contributed by atoms with Gasteiger partial charge in [-0.25, -0.2) is 0 Å². The number of rotatable bonds is 5. The third-order valence-electron chi connectivity index (χ3n) is 5.39. The standard InChI is InChI=1S/C24H22O5/c1-26-19-14-18-20(22(28-3)21(19)27-2)23(25)24(15-29-18,16-10-6-4-7-11-16)17-12-8-5-9-13-17/h4-14H,15H2,1-3H3. The Bertz CT molecular complexity index is 989. The van der Waals surface area contributed by atoms with Crippen LogP contribution in [0.4, 0.5) is 0 Å². The second-order valence-electron chi connectivity index (χ2n) is 6.77. The van der Waals surface area contributed by atoms with Crippen molar-refractivity contribution in [2.75, 3.05) is 27.9 Å². The van der Waals surface area contributed by atoms with Crippen LogP contribution in [0.15, 0.2) is 66.7 Å². The number of carbonyl (C=O) groups excluding carboxylic acids is 1. The van der Waals surface area contributed by atoms with Gasteiger partial charge in [0.15, 0.2) is 17.3 Å². The number of Topliss-reactive ketones (excluding diaryl/α,β-unsaturated/α-hetero) is 1. The van der Waals surface area contributed by atoms with Gasteiger partial charge in [0, 0.05) is 6.07 Å². The minimum atomic E-state index is -0.998. The van der Waals surface area contributed by atoms with Gasteiger partial charge in [-0.15, -0.1) is 0 Å². The van der Waals surface area contributed by atoms with Gasteiger partial charge >= 0.3 is 0 Å². The van der Waals surface area contributed by atoms with Crippen molar-refractivity contribution in [3.8, 4) is 23.0 Å². The normalized spacial score (nSPS) is 14.5. The zero-order chi connectivity index (χ0) is 20.4. The molecule has 0 amide bonds. The second kappa shape index (κ2) is 7.51. The van der Waals surface area contributed by atoms with Crippen LogP contribution in [0.5, 0.6) is 23.0 Å². The Morgan fingerprint density at radius 2 is 1.34 bits per heavy atom. The quantitative estimate of drug-likeness (QED) is 0.651. The van der Waals surface area contributed by atoms with Crippen LogP contribution in [-0.2, 0) is 5.41 Å². The van der Waals surface area contributed by atoms with Crippen molar-refractivity contribution in [2.45, 2.75) is 5.41 Å². The van der Waals surface area contributed by atoms with Gasteiger partial charge in [-0.05, 0) is 11.1 Å². The topological polar surface area (TPSA) is 54.0 Å². The van der Waals surface area contributed by atoms with Crippen LogP contribution in [0.25, 0.3) is 0 Å². The van der Waals surface area contributed by atoms with E-state index in [1.807, 2.05) is 60.7 Å². The third kappa shape index (κ3) is 2.81. The third-order valence-corrected chi connectivity index (χ3v) is 5.39. The molecule has 1 heterocycles. The second-order valence-corrected chi connectivity index (χ2v) is 6.77. The van der Waals surface area contributed by atoms with Crippen molar-refractivity contribution in [1.82, 2.24) is 0 Å². The first kappa shape index (κ1) is 18.9. The van der Waals surface area contributed by atoms with Crippen molar-refractivity contribution in [3.05, 3.63) is 83.4 Å². The number of hydrogen-bond donors (Lipinski definition) is 0. The van der Waals surface area contributed by atoms with E-state index in [9.17, 15) is 4.79 Å². The van der Waals surface area contributed by atoms with Crippen LogP contribution in [0.1, 0.15) is 21.5 Å². The summed E-state index contributed by atoms with van der Waals surface area (Å²) in [6.45, 7) is 0.172. The summed E-state index contributed by atoms with van der Waals surface area (Å²) in [5.41, 5.74) is 1.07. The summed E-state index contributed by atoms with van der Waals surface area (Å²) >= 11 is 0. The van der Waals surface area contributed by atoms with Crippen molar-refractivity contribution in [3.63, 3.8) is 0 Å². The Morgan fingerprint density at radius 3 is 1.83 bits per heavy atom. The molecule has 0 aromatic heterocycles. The lowest BCUT2D eigenvalue weighted by Crippen LogP contribution is -2.46. The maximum absolute atomic E-state index is 14.1. The first-order valence-electron chi connectivity index (χ1n) is 9.29. The molecule has 1 aliphatic heterocycles. The van der Waals surface area contributed by atoms with Gasteiger partial charge in [-0.1, -0.05) is 60.7 Å². The van der Waals surface area contributed by atoms with Crippen molar-refractivity contribution < 1.29 is 23.7 Å². The Morgan fingerprint density at radius 1 is 0.793 bits per heavy atom. The van der Waals surface area contributed by atoms with Gasteiger partial charge in [0.25, 0.3) is 0 Å². The highest BCUT2D eigenvalue weighted by Crippen LogP contribution is 2.51. The molecule has 1 aliphatic rings. The van der Waals surface area contributed by atoms with Crippen molar-refractivity contribution in [1.29, 1.82) is 0 Å². The number of fused-ring (bicyclic) bond motifs is 1. The molecule has 0 saturated carbocycles. The summed E-state index contributed by atoms with van der Waals surface area (Å²) in [6, 6.07) is 21.0. The van der Waals surface area contributed by atoms with Crippen LogP contribution in [0.3, 0.4) is 0 Å². The summed E-state index contributed by atoms with van der Waals surface area (Å²) < 4.78 is 22.7. The van der Waals surface area contributed by atoms with E-state index < -0.39 is 5.41 Å². The van der Waals surface area contributed by atoms with Crippen LogP contribution >= 0.6 is 0 Å². The Balaban J connectivity index is 2.01. The number of carbonyl (C=O) groups is 1. The zero-order valence-electron chi connectivity index (χ0n) is 16.6. The number of methoxy groups -OCH3 is 3. The fourth-order valence-electron chi connectivity index (χ4n) is 3.97. The number of ether oxygens (including phenoxy) is 4. The molecular weight excluding hydrogens is 368 g/mol. The average Bonchev–Trinajstić information content (AvgIpc) is 2.79. The fraction of sp³-hybridized carbons (Fsp3) is 0.208. The molecule has 0 N–H and O–H groups in total. The lowest BCUT2D eigenvalue weighted by atomic mass is 9.68. The predicted octanol–water partition coefficient (Wildman–Crippen LogP) is 4.27. The molecule has 5 heteroatoms. The van der Waals surface area contributed by atoms with E-state index in [2.05, 4.69) is 0 Å². The summed E-state index contributed by atoms with van der Waals surface area (Å²) in [5.74, 6) is 1.44. The molecule has 0 atom stereocenters. The lowest BCUT2D eigenvalue weighted by Gasteiger charge is -2.38. The fourth-order valence-corrected chi connectivity index (χ4v) is 3.97. The van der Waals surface area contributed by atoms with Gasteiger partial charge in [0.2, 0.25) is 5.75 Å². The van der Waals surface area contributed by atoms with Crippen molar-refractivity contribution in [2.24, 2.45) is 0 Å². The van der Waals surface area contributed by atoms with Gasteiger partial charge in [0.1, 0.15) is 23.3 Å². The SMILES string of the molecule is COc1cc2c(c(OC)c1OC)C(=O)C(c1ccccc1)(c1ccccc1)CO2. The van der Waals surface area contributed by atoms with Crippen LogP contribution < -0.4 is 18.9 Å². The Kier molecular flexibility index (Phi) is 4.89. The molecular formula is C24H22O5. The van der Waals surface area contributed by atoms with Crippen LogP contribution in [-0.4, -0.2) is 33.7 Å². The Labute approximate surface area is 169 Å². The number of hydrogen-bond acceptors (Lipinski definition) is 5. The van der Waals surface area contributed by atoms with Crippen LogP contribution in [0, 0.1) is 0 Å². The largest absolute Gasteiger partial charge is 0.493 e. The molecule has 5 nitrogen and oxygen atoms in total. The first-order valence-corrected chi connectivity index (χ1v) is 9.29. The molecule has 0 fully saturated rings. The van der Waals surface area contributed by atoms with Gasteiger partial charge in [-0.2, -0.15) is 0 Å². The molecule has 148 valence electrons. The van der Waals surface area contributed by atoms with E-state index in [1.54, 1.807) is 6.07 Å². The average molecular weight is 390 g/mol. The number of benzene rings is 3. The van der Waals surface area contributed by atoms with E-state index in [0.29, 0.717) is 28.6 Å². The highest BCUT2D eigenvalue weighted by molar-refractivity contribution is 6.12. The molecule has 0 unspecified atom stereocenters. The molecule has 4 rings (SSSR count). The zero-order valence-corrected chi connectivity index (χ0v) is 16.6. The van der Waals surface area contributed by atoms with E-state index in [1.165, 1.54) is 21.3 Å². The molecule has 29 heavy (non-hydrogen) atoms. The van der Waals surface area contributed by atoms with Gasteiger partial charge in [-0.3, -0.25) is 4.79 Å². The van der Waals surface area contributed by atoms with E-state index in [-0.39, 0.29) is 12.4 Å². The van der Waals surface area contributed by atoms with Gasteiger partial charge in [0.05, 0.1) is 21.3 Å².